The van der Waals surface area contributed by atoms with Gasteiger partial charge in [-0.3, -0.25) is 14.4 Å². The van der Waals surface area contributed by atoms with Gasteiger partial charge in [-0.2, -0.15) is 0 Å². The van der Waals surface area contributed by atoms with Crippen molar-refractivity contribution in [2.24, 2.45) is 0 Å². The Morgan fingerprint density at radius 2 is 0.506 bits per heavy atom. The van der Waals surface area contributed by atoms with Gasteiger partial charge in [-0.05, 0) is 77.0 Å². The molecule has 0 aromatic carbocycles. The zero-order valence-corrected chi connectivity index (χ0v) is 54.1. The molecular weight excluding hydrogens is 997 g/mol. The zero-order valence-electron chi connectivity index (χ0n) is 54.1. The minimum absolute atomic E-state index is 0.101. The Kier molecular flexibility index (Phi) is 66.6. The first-order valence-corrected chi connectivity index (χ1v) is 35.4. The second kappa shape index (κ2) is 69.3. The molecule has 0 amide bonds. The van der Waals surface area contributed by atoms with Crippen molar-refractivity contribution in [3.63, 3.8) is 0 Å². The molecule has 470 valence electrons. The maximum atomic E-state index is 12.9. The smallest absolute Gasteiger partial charge is 0.306 e. The molecule has 0 aromatic heterocycles. The Morgan fingerprint density at radius 3 is 0.840 bits per heavy atom. The van der Waals surface area contributed by atoms with Gasteiger partial charge in [0.15, 0.2) is 6.10 Å². The van der Waals surface area contributed by atoms with Gasteiger partial charge in [0.1, 0.15) is 13.2 Å². The van der Waals surface area contributed by atoms with Crippen molar-refractivity contribution >= 4 is 17.9 Å². The van der Waals surface area contributed by atoms with E-state index in [1.165, 1.54) is 231 Å². The first-order chi connectivity index (χ1) is 40.0. The average Bonchev–Trinajstić information content (AvgIpc) is 3.46. The molecule has 0 rings (SSSR count). The maximum Gasteiger partial charge on any atom is 0.306 e. The lowest BCUT2D eigenvalue weighted by Gasteiger charge is -2.18. The monoisotopic (exact) mass is 1130 g/mol. The lowest BCUT2D eigenvalue weighted by atomic mass is 10.0. The van der Waals surface area contributed by atoms with Gasteiger partial charge in [0.2, 0.25) is 0 Å². The summed E-state index contributed by atoms with van der Waals surface area (Å²) in [4.78, 5) is 38.3. The van der Waals surface area contributed by atoms with Crippen molar-refractivity contribution in [2.45, 2.75) is 374 Å². The summed E-state index contributed by atoms with van der Waals surface area (Å²) in [6.07, 6.45) is 91.2. The fourth-order valence-corrected chi connectivity index (χ4v) is 10.4. The van der Waals surface area contributed by atoms with Gasteiger partial charge in [0.25, 0.3) is 0 Å². The van der Waals surface area contributed by atoms with Gasteiger partial charge in [0.05, 0.1) is 0 Å². The van der Waals surface area contributed by atoms with E-state index in [4.69, 9.17) is 14.2 Å². The number of carbonyl (C=O) groups is 3. The van der Waals surface area contributed by atoms with Gasteiger partial charge in [-0.25, -0.2) is 0 Å². The van der Waals surface area contributed by atoms with Crippen LogP contribution in [-0.2, 0) is 28.6 Å². The Labute approximate surface area is 503 Å². The Hall–Kier alpha value is -3.15. The molecule has 0 radical (unpaired) electrons. The highest BCUT2D eigenvalue weighted by molar-refractivity contribution is 5.71. The highest BCUT2D eigenvalue weighted by Gasteiger charge is 2.19. The predicted octanol–water partition coefficient (Wildman–Crippen LogP) is 24.4. The molecule has 0 bridgehead atoms. The highest BCUT2D eigenvalue weighted by Crippen LogP contribution is 2.18. The van der Waals surface area contributed by atoms with Crippen LogP contribution in [0.3, 0.4) is 0 Å². The fraction of sp³-hybridized carbons (Fsp3) is 0.800. The molecule has 0 saturated carbocycles. The minimum Gasteiger partial charge on any atom is -0.462 e. The lowest BCUT2D eigenvalue weighted by molar-refractivity contribution is -0.166. The Balaban J connectivity index is 4.12. The molecule has 6 nitrogen and oxygen atoms in total. The van der Waals surface area contributed by atoms with Crippen LogP contribution < -0.4 is 0 Å². The second-order valence-electron chi connectivity index (χ2n) is 23.8. The van der Waals surface area contributed by atoms with Crippen LogP contribution in [0, 0.1) is 0 Å². The second-order valence-corrected chi connectivity index (χ2v) is 23.8. The quantitative estimate of drug-likeness (QED) is 0.0261. The van der Waals surface area contributed by atoms with Crippen molar-refractivity contribution in [3.8, 4) is 0 Å². The van der Waals surface area contributed by atoms with Crippen molar-refractivity contribution in [1.29, 1.82) is 0 Å². The standard InChI is InChI=1S/C75H134O6/c1-4-7-10-13-16-19-22-25-27-29-30-31-32-33-34-35-36-37-38-39-40-41-42-43-44-45-46-48-50-53-56-59-62-65-68-74(77)80-71-72(70-79-73(76)67-64-61-58-55-52-49-24-21-18-15-12-9-6-3)81-75(78)69-66-63-60-57-54-51-47-28-26-23-20-17-14-11-8-5-2/h9,12,18,20-21,23,28,47,49,52,58,61,72H,4-8,10-11,13-17,19,22,24-27,29-46,48,50-51,53-57,59-60,62-71H2,1-3H3/b12-9-,21-18-,23-20-,47-28-,52-49-,61-58-. The first kappa shape index (κ1) is 77.9. The van der Waals surface area contributed by atoms with Gasteiger partial charge in [0, 0.05) is 19.3 Å². The molecule has 0 N–H and O–H groups in total. The van der Waals surface area contributed by atoms with Crippen molar-refractivity contribution in [2.75, 3.05) is 13.2 Å². The molecule has 0 saturated heterocycles. The number of ether oxygens (including phenoxy) is 3. The van der Waals surface area contributed by atoms with Crippen LogP contribution in [0.5, 0.6) is 0 Å². The van der Waals surface area contributed by atoms with E-state index < -0.39 is 6.10 Å². The number of carbonyl (C=O) groups excluding carboxylic acids is 3. The van der Waals surface area contributed by atoms with Crippen LogP contribution in [0.25, 0.3) is 0 Å². The SMILES string of the molecule is CC/C=C\C/C=C\C/C=C\C/C=C\CCC(=O)OCC(COC(=O)CCCCCCCCCCCCCCCCCCCCCCCCCCCCCCCCCCCC)OC(=O)CCCCCCC/C=C\C/C=C\CCCCCC. The fourth-order valence-electron chi connectivity index (χ4n) is 10.4. The zero-order chi connectivity index (χ0) is 58.5. The molecule has 0 aliphatic carbocycles. The van der Waals surface area contributed by atoms with Crippen LogP contribution in [0.4, 0.5) is 0 Å². The summed E-state index contributed by atoms with van der Waals surface area (Å²) in [6, 6.07) is 0. The largest absolute Gasteiger partial charge is 0.462 e. The molecule has 0 aromatic rings. The number of unbranched alkanes of at least 4 members (excludes halogenated alkanes) is 42. The van der Waals surface area contributed by atoms with E-state index in [1.54, 1.807) is 0 Å². The van der Waals surface area contributed by atoms with E-state index in [-0.39, 0.29) is 37.5 Å². The van der Waals surface area contributed by atoms with Gasteiger partial charge >= 0.3 is 17.9 Å². The van der Waals surface area contributed by atoms with E-state index in [2.05, 4.69) is 87.6 Å². The summed E-state index contributed by atoms with van der Waals surface area (Å²) in [5.74, 6) is -0.984. The van der Waals surface area contributed by atoms with E-state index >= 15 is 0 Å². The number of hydrogen-bond acceptors (Lipinski definition) is 6. The Morgan fingerprint density at radius 1 is 0.259 bits per heavy atom. The molecule has 0 aliphatic heterocycles. The summed E-state index contributed by atoms with van der Waals surface area (Å²) in [5.41, 5.74) is 0. The molecule has 0 spiro atoms. The summed E-state index contributed by atoms with van der Waals surface area (Å²) in [7, 11) is 0. The van der Waals surface area contributed by atoms with Crippen molar-refractivity contribution in [1.82, 2.24) is 0 Å². The molecule has 0 fully saturated rings. The summed E-state index contributed by atoms with van der Waals surface area (Å²) in [5, 5.41) is 0. The van der Waals surface area contributed by atoms with E-state index in [0.29, 0.717) is 19.3 Å². The third kappa shape index (κ3) is 67.5. The van der Waals surface area contributed by atoms with Crippen LogP contribution in [0.2, 0.25) is 0 Å². The Bertz CT molecular complexity index is 1490. The average molecular weight is 1130 g/mol. The van der Waals surface area contributed by atoms with Crippen LogP contribution in [0.15, 0.2) is 72.9 Å². The summed E-state index contributed by atoms with van der Waals surface area (Å²) < 4.78 is 16.8. The molecule has 0 aliphatic rings. The topological polar surface area (TPSA) is 78.9 Å². The number of allylic oxidation sites excluding steroid dienone is 12. The predicted molar refractivity (Wildman–Crippen MR) is 353 cm³/mol. The molecule has 6 heteroatoms. The number of rotatable bonds is 65. The van der Waals surface area contributed by atoms with Crippen LogP contribution in [0.1, 0.15) is 367 Å². The molecule has 1 unspecified atom stereocenters. The van der Waals surface area contributed by atoms with Crippen molar-refractivity contribution < 1.29 is 28.6 Å². The first-order valence-electron chi connectivity index (χ1n) is 35.4. The number of esters is 3. The van der Waals surface area contributed by atoms with Crippen LogP contribution in [-0.4, -0.2) is 37.2 Å². The highest BCUT2D eigenvalue weighted by atomic mass is 16.6. The lowest BCUT2D eigenvalue weighted by Crippen LogP contribution is -2.30. The minimum atomic E-state index is -0.812. The number of hydrogen-bond donors (Lipinski definition) is 0. The van der Waals surface area contributed by atoms with Crippen LogP contribution >= 0.6 is 0 Å². The molecular formula is C75H134O6. The third-order valence-corrected chi connectivity index (χ3v) is 15.7. The molecule has 81 heavy (non-hydrogen) atoms. The molecule has 1 atom stereocenters. The summed E-state index contributed by atoms with van der Waals surface area (Å²) in [6.45, 7) is 6.48. The van der Waals surface area contributed by atoms with E-state index in [1.807, 2.05) is 6.08 Å². The normalized spacial score (nSPS) is 12.5. The van der Waals surface area contributed by atoms with Gasteiger partial charge < -0.3 is 14.2 Å². The van der Waals surface area contributed by atoms with E-state index in [0.717, 1.165) is 89.9 Å². The maximum absolute atomic E-state index is 12.9. The molecule has 0 heterocycles. The van der Waals surface area contributed by atoms with Crippen molar-refractivity contribution in [3.05, 3.63) is 72.9 Å². The van der Waals surface area contributed by atoms with E-state index in [9.17, 15) is 14.4 Å². The third-order valence-electron chi connectivity index (χ3n) is 15.7. The van der Waals surface area contributed by atoms with Gasteiger partial charge in [-0.15, -0.1) is 0 Å². The van der Waals surface area contributed by atoms with Gasteiger partial charge in [-0.1, -0.05) is 344 Å². The summed E-state index contributed by atoms with van der Waals surface area (Å²) >= 11 is 0.